The van der Waals surface area contributed by atoms with E-state index in [-0.39, 0.29) is 102 Å². The molecule has 358 valence electrons. The Morgan fingerprint density at radius 2 is 1.48 bits per heavy atom. The van der Waals surface area contributed by atoms with Crippen molar-refractivity contribution in [1.82, 2.24) is 0 Å². The molecule has 20 nitrogen and oxygen atoms in total. The third-order valence-electron chi connectivity index (χ3n) is 11.8. The first-order valence-electron chi connectivity index (χ1n) is 21.0. The lowest BCUT2D eigenvalue weighted by Crippen LogP contribution is -2.60. The van der Waals surface area contributed by atoms with Crippen LogP contribution in [0.5, 0.6) is 57.5 Å². The van der Waals surface area contributed by atoms with Gasteiger partial charge in [0.1, 0.15) is 76.0 Å². The number of phenols is 6. The van der Waals surface area contributed by atoms with Crippen molar-refractivity contribution < 1.29 is 97.9 Å². The largest absolute Gasteiger partial charge is 0.508 e. The summed E-state index contributed by atoms with van der Waals surface area (Å²) in [5, 5.41) is 107. The van der Waals surface area contributed by atoms with Crippen LogP contribution in [0.15, 0.2) is 93.8 Å². The molecular weight excluding hydrogens is 909 g/mol. The fourth-order valence-corrected chi connectivity index (χ4v) is 8.34. The summed E-state index contributed by atoms with van der Waals surface area (Å²) >= 11 is 0. The van der Waals surface area contributed by atoms with Crippen molar-refractivity contribution in [1.29, 1.82) is 0 Å². The highest BCUT2D eigenvalue weighted by Gasteiger charge is 2.46. The molecule has 7 aromatic rings. The second kappa shape index (κ2) is 18.2. The van der Waals surface area contributed by atoms with Gasteiger partial charge in [0.25, 0.3) is 0 Å². The van der Waals surface area contributed by atoms with Crippen LogP contribution in [0.2, 0.25) is 0 Å². The standard InChI is InChI=1S/C49H42O20/c1-62-34-12-22(13-35(63-2)41(34)58)46-48(69-49-44(61)43(60)42(59)37(19-50)67-49)26-17-33(64-31-14-24(52)15-32(66-46)39(26)31)40-30(56)18-28(54)25-16-36(65-38(57)10-5-20-3-7-23(51)8-4-20)45(68-47(25)40)21-6-9-27(53)29(55)11-21/h3-15,17-18,36-37,42-45,49-51,53-56,58-61H,16,19H2,1-2H3/p+1/t36-,37-,42-,43+,44-,45-,49+/m1/s1. The van der Waals surface area contributed by atoms with Crippen LogP contribution < -0.4 is 24.4 Å². The van der Waals surface area contributed by atoms with Gasteiger partial charge in [0.15, 0.2) is 40.6 Å². The van der Waals surface area contributed by atoms with Gasteiger partial charge in [0.05, 0.1) is 38.3 Å². The van der Waals surface area contributed by atoms with Gasteiger partial charge in [-0.25, -0.2) is 4.79 Å². The molecule has 0 radical (unpaired) electrons. The molecule has 69 heavy (non-hydrogen) atoms. The number of carbonyl (C=O) groups excluding carboxylic acids is 1. The lowest BCUT2D eigenvalue weighted by Gasteiger charge is -2.39. The molecule has 2 aromatic heterocycles. The summed E-state index contributed by atoms with van der Waals surface area (Å²) in [5.41, 5.74) is 0.171. The van der Waals surface area contributed by atoms with Crippen LogP contribution in [0.3, 0.4) is 0 Å². The zero-order chi connectivity index (χ0) is 49.0. The molecule has 20 heteroatoms. The van der Waals surface area contributed by atoms with Gasteiger partial charge >= 0.3 is 11.4 Å². The van der Waals surface area contributed by atoms with Crippen LogP contribution in [0, 0.1) is 0 Å². The van der Waals surface area contributed by atoms with Crippen molar-refractivity contribution >= 4 is 34.0 Å². The number of rotatable bonds is 11. The molecule has 0 saturated carbocycles. The van der Waals surface area contributed by atoms with Crippen LogP contribution >= 0.6 is 0 Å². The number of methoxy groups -OCH3 is 2. The first kappa shape index (κ1) is 46.0. The van der Waals surface area contributed by atoms with Crippen molar-refractivity contribution in [3.8, 4) is 80.1 Å². The summed E-state index contributed by atoms with van der Waals surface area (Å²) in [6.45, 7) is -0.799. The predicted molar refractivity (Wildman–Crippen MR) is 238 cm³/mol. The number of aliphatic hydroxyl groups is 4. The van der Waals surface area contributed by atoms with E-state index in [2.05, 4.69) is 0 Å². The number of phenolic OH excluding ortho intramolecular Hbond substituents is 6. The second-order valence-corrected chi connectivity index (χ2v) is 16.1. The lowest BCUT2D eigenvalue weighted by molar-refractivity contribution is -0.277. The molecule has 11 N–H and O–H groups in total. The monoisotopic (exact) mass is 951 g/mol. The Morgan fingerprint density at radius 1 is 0.783 bits per heavy atom. The number of aliphatic hydroxyl groups excluding tert-OH is 4. The summed E-state index contributed by atoms with van der Waals surface area (Å²) in [5.74, 6) is -4.37. The van der Waals surface area contributed by atoms with Crippen LogP contribution in [0.4, 0.5) is 0 Å². The van der Waals surface area contributed by atoms with Crippen LogP contribution in [-0.2, 0) is 20.7 Å². The molecule has 2 aliphatic heterocycles. The second-order valence-electron chi connectivity index (χ2n) is 16.1. The Morgan fingerprint density at radius 3 is 2.14 bits per heavy atom. The number of hydrogen-bond donors (Lipinski definition) is 10. The number of ether oxygens (including phenoxy) is 6. The van der Waals surface area contributed by atoms with Crippen molar-refractivity contribution in [2.45, 2.75) is 49.3 Å². The van der Waals surface area contributed by atoms with E-state index in [4.69, 9.17) is 37.3 Å². The van der Waals surface area contributed by atoms with E-state index in [0.29, 0.717) is 5.56 Å². The Balaban J connectivity index is 1.25. The fraction of sp³-hybridized carbons (Fsp3) is 0.224. The first-order chi connectivity index (χ1) is 33.1. The SMILES string of the molecule is COc1cc(-c2oc3cc(=[OH+])cc4oc(-c5c(O)cc(O)c6c5O[C@H](c5ccc(O)c(O)c5)[C@H](OC(=O)C=Cc5ccc(O)cc5)C6)cc(c2O[C@@H]2O[C@H](CO)[C@@H](O)[C@H](O)[C@H]2O)c43)cc(OC)c1O. The molecule has 0 aliphatic carbocycles. The van der Waals surface area contributed by atoms with Crippen molar-refractivity contribution in [3.05, 3.63) is 107 Å². The van der Waals surface area contributed by atoms with E-state index in [9.17, 15) is 60.7 Å². The minimum absolute atomic E-state index is 0.0172. The molecule has 5 aromatic carbocycles. The van der Waals surface area contributed by atoms with E-state index >= 15 is 0 Å². The number of carbonyl (C=O) groups is 1. The van der Waals surface area contributed by atoms with Crippen molar-refractivity contribution in [3.63, 3.8) is 0 Å². The zero-order valence-electron chi connectivity index (χ0n) is 36.2. The van der Waals surface area contributed by atoms with E-state index < -0.39 is 78.5 Å². The molecule has 4 heterocycles. The molecule has 0 unspecified atom stereocenters. The Kier molecular flexibility index (Phi) is 12.1. The molecule has 0 bridgehead atoms. The molecule has 1 fully saturated rings. The normalized spacial score (nSPS) is 21.2. The summed E-state index contributed by atoms with van der Waals surface area (Å²) in [4.78, 5) is 24.4. The van der Waals surface area contributed by atoms with E-state index in [1.807, 2.05) is 0 Å². The summed E-state index contributed by atoms with van der Waals surface area (Å²) < 4.78 is 48.2. The van der Waals surface area contributed by atoms with E-state index in [0.717, 1.165) is 12.1 Å². The maximum atomic E-state index is 13.4. The molecule has 0 spiro atoms. The van der Waals surface area contributed by atoms with Gasteiger partial charge in [-0.05, 0) is 54.1 Å². The van der Waals surface area contributed by atoms with Crippen molar-refractivity contribution in [2.75, 3.05) is 20.8 Å². The Bertz CT molecular complexity index is 3180. The highest BCUT2D eigenvalue weighted by Crippen LogP contribution is 2.53. The minimum atomic E-state index is -1.94. The average Bonchev–Trinajstić information content (AvgIpc) is 3.32. The van der Waals surface area contributed by atoms with Crippen LogP contribution in [0.25, 0.3) is 50.7 Å². The third-order valence-corrected chi connectivity index (χ3v) is 11.8. The van der Waals surface area contributed by atoms with Gasteiger partial charge in [-0.2, -0.15) is 0 Å². The van der Waals surface area contributed by atoms with Gasteiger partial charge in [-0.15, -0.1) is 0 Å². The van der Waals surface area contributed by atoms with Gasteiger partial charge < -0.3 is 88.3 Å². The molecule has 0 amide bonds. The topological polar surface area (TPSA) is 322 Å². The molecular formula is C49H43O20+. The molecule has 9 rings (SSSR count). The highest BCUT2D eigenvalue weighted by atomic mass is 16.7. The molecule has 1 saturated heterocycles. The third kappa shape index (κ3) is 8.47. The fourth-order valence-electron chi connectivity index (χ4n) is 8.34. The lowest BCUT2D eigenvalue weighted by atomic mass is 9.91. The minimum Gasteiger partial charge on any atom is -0.508 e. The van der Waals surface area contributed by atoms with Crippen molar-refractivity contribution in [2.24, 2.45) is 0 Å². The number of benzene rings is 5. The maximum absolute atomic E-state index is 13.4. The number of hydrogen-bond acceptors (Lipinski definition) is 19. The molecule has 2 aliphatic rings. The summed E-state index contributed by atoms with van der Waals surface area (Å²) in [6.07, 6.45) is -9.02. The van der Waals surface area contributed by atoms with Gasteiger partial charge in [-0.1, -0.05) is 18.2 Å². The number of esters is 1. The highest BCUT2D eigenvalue weighted by molar-refractivity contribution is 6.10. The Hall–Kier alpha value is -8.14. The first-order valence-corrected chi connectivity index (χ1v) is 21.0. The maximum Gasteiger partial charge on any atom is 0.347 e. The van der Waals surface area contributed by atoms with Gasteiger partial charge in [-0.3, -0.25) is 4.79 Å². The van der Waals surface area contributed by atoms with Gasteiger partial charge in [0.2, 0.25) is 12.0 Å². The predicted octanol–water partition coefficient (Wildman–Crippen LogP) is 4.25. The summed E-state index contributed by atoms with van der Waals surface area (Å²) in [7, 11) is 2.57. The van der Waals surface area contributed by atoms with Gasteiger partial charge in [0, 0.05) is 40.6 Å². The zero-order valence-corrected chi connectivity index (χ0v) is 36.2. The van der Waals surface area contributed by atoms with E-state index in [1.54, 1.807) is 12.1 Å². The molecule has 7 atom stereocenters. The quantitative estimate of drug-likeness (QED) is 0.0375. The average molecular weight is 952 g/mol. The van der Waals surface area contributed by atoms with Crippen LogP contribution in [-0.4, -0.2) is 119 Å². The van der Waals surface area contributed by atoms with Crippen LogP contribution in [0.1, 0.15) is 22.8 Å². The smallest absolute Gasteiger partial charge is 0.347 e. The number of aromatic hydroxyl groups is 6. The Labute approximate surface area is 388 Å². The number of fused-ring (bicyclic) bond motifs is 1. The van der Waals surface area contributed by atoms with E-state index in [1.165, 1.54) is 81.0 Å². The summed E-state index contributed by atoms with van der Waals surface area (Å²) in [6, 6.07) is 17.3.